The molecule has 2 nitrogen and oxygen atoms in total. The van der Waals surface area contributed by atoms with Crippen molar-refractivity contribution in [1.82, 2.24) is 4.90 Å². The predicted molar refractivity (Wildman–Crippen MR) is 64.8 cm³/mol. The first kappa shape index (κ1) is 16.4. The Labute approximate surface area is 90.6 Å². The lowest BCUT2D eigenvalue weighted by Gasteiger charge is -2.33. The molecule has 0 aromatic heterocycles. The maximum atomic E-state index is 5.66. The van der Waals surface area contributed by atoms with Crippen molar-refractivity contribution >= 4 is 0 Å². The molecule has 0 saturated carbocycles. The van der Waals surface area contributed by atoms with E-state index in [4.69, 9.17) is 4.74 Å². The van der Waals surface area contributed by atoms with Crippen molar-refractivity contribution in [3.8, 4) is 0 Å². The Hall–Kier alpha value is -0.0800. The molecule has 1 heterocycles. The maximum absolute atomic E-state index is 5.66. The first-order chi connectivity index (χ1) is 6.72. The summed E-state index contributed by atoms with van der Waals surface area (Å²) in [6.45, 7) is 14.5. The van der Waals surface area contributed by atoms with Gasteiger partial charge in [-0.1, -0.05) is 34.6 Å². The number of ether oxygens (including phenoxy) is 1. The summed E-state index contributed by atoms with van der Waals surface area (Å²) in [5, 5.41) is 0. The van der Waals surface area contributed by atoms with Crippen LogP contribution in [-0.4, -0.2) is 37.2 Å². The van der Waals surface area contributed by atoms with Crippen LogP contribution in [0.3, 0.4) is 0 Å². The second-order valence-electron chi connectivity index (χ2n) is 3.20. The highest BCUT2D eigenvalue weighted by Gasteiger charge is 2.20. The van der Waals surface area contributed by atoms with Gasteiger partial charge in [-0.3, -0.25) is 0 Å². The molecular formula is C12H29NO. The number of hydrogen-bond donors (Lipinski definition) is 0. The quantitative estimate of drug-likeness (QED) is 0.649. The Morgan fingerprint density at radius 1 is 1.14 bits per heavy atom. The minimum atomic E-state index is 0.420. The van der Waals surface area contributed by atoms with Crippen LogP contribution in [0.15, 0.2) is 0 Å². The fraction of sp³-hybridized carbons (Fsp3) is 1.00. The van der Waals surface area contributed by atoms with Gasteiger partial charge in [0.15, 0.2) is 0 Å². The van der Waals surface area contributed by atoms with Crippen LogP contribution in [0.1, 0.15) is 48.0 Å². The SMILES string of the molecule is CC.CC.CCC1CN(C)CC(C)O1. The highest BCUT2D eigenvalue weighted by Crippen LogP contribution is 2.10. The third-order valence-electron chi connectivity index (χ3n) is 1.96. The molecule has 2 heteroatoms. The lowest BCUT2D eigenvalue weighted by atomic mass is 10.2. The van der Waals surface area contributed by atoms with Gasteiger partial charge in [-0.25, -0.2) is 0 Å². The van der Waals surface area contributed by atoms with Gasteiger partial charge in [-0.05, 0) is 20.4 Å². The second-order valence-corrected chi connectivity index (χ2v) is 3.20. The van der Waals surface area contributed by atoms with Crippen LogP contribution in [0.5, 0.6) is 0 Å². The van der Waals surface area contributed by atoms with Crippen molar-refractivity contribution in [3.63, 3.8) is 0 Å². The minimum Gasteiger partial charge on any atom is -0.373 e. The van der Waals surface area contributed by atoms with Crippen LogP contribution in [0.2, 0.25) is 0 Å². The normalized spacial score (nSPS) is 26.8. The molecule has 0 amide bonds. The minimum absolute atomic E-state index is 0.420. The van der Waals surface area contributed by atoms with Gasteiger partial charge in [0.2, 0.25) is 0 Å². The van der Waals surface area contributed by atoms with E-state index in [-0.39, 0.29) is 0 Å². The molecule has 1 rings (SSSR count). The van der Waals surface area contributed by atoms with E-state index in [1.807, 2.05) is 27.7 Å². The molecule has 2 unspecified atom stereocenters. The average molecular weight is 203 g/mol. The van der Waals surface area contributed by atoms with Crippen molar-refractivity contribution < 1.29 is 4.74 Å². The molecular weight excluding hydrogens is 174 g/mol. The van der Waals surface area contributed by atoms with E-state index in [9.17, 15) is 0 Å². The van der Waals surface area contributed by atoms with Crippen LogP contribution in [-0.2, 0) is 4.74 Å². The molecule has 0 spiro atoms. The molecule has 0 radical (unpaired) electrons. The van der Waals surface area contributed by atoms with Crippen molar-refractivity contribution in [2.75, 3.05) is 20.1 Å². The van der Waals surface area contributed by atoms with E-state index < -0.39 is 0 Å². The monoisotopic (exact) mass is 203 g/mol. The van der Waals surface area contributed by atoms with Gasteiger partial charge in [-0.15, -0.1) is 0 Å². The molecule has 1 aliphatic rings. The number of likely N-dealkylation sites (N-methyl/N-ethyl adjacent to an activating group) is 1. The number of nitrogens with zero attached hydrogens (tertiary/aromatic N) is 1. The van der Waals surface area contributed by atoms with Crippen molar-refractivity contribution in [1.29, 1.82) is 0 Å². The average Bonchev–Trinajstić information content (AvgIpc) is 2.22. The largest absolute Gasteiger partial charge is 0.373 e. The first-order valence-electron chi connectivity index (χ1n) is 6.06. The summed E-state index contributed by atoms with van der Waals surface area (Å²) < 4.78 is 5.66. The molecule has 0 N–H and O–H groups in total. The zero-order chi connectivity index (χ0) is 11.6. The fourth-order valence-corrected chi connectivity index (χ4v) is 1.50. The molecule has 0 aliphatic carbocycles. The third-order valence-corrected chi connectivity index (χ3v) is 1.96. The van der Waals surface area contributed by atoms with Gasteiger partial charge in [-0.2, -0.15) is 0 Å². The molecule has 14 heavy (non-hydrogen) atoms. The van der Waals surface area contributed by atoms with Gasteiger partial charge in [0.25, 0.3) is 0 Å². The van der Waals surface area contributed by atoms with Gasteiger partial charge < -0.3 is 9.64 Å². The van der Waals surface area contributed by atoms with Crippen LogP contribution in [0.4, 0.5) is 0 Å². The van der Waals surface area contributed by atoms with E-state index >= 15 is 0 Å². The molecule has 0 aromatic carbocycles. The first-order valence-corrected chi connectivity index (χ1v) is 6.06. The fourth-order valence-electron chi connectivity index (χ4n) is 1.50. The van der Waals surface area contributed by atoms with Crippen LogP contribution < -0.4 is 0 Å². The lowest BCUT2D eigenvalue weighted by Crippen LogP contribution is -2.44. The summed E-state index contributed by atoms with van der Waals surface area (Å²) in [4.78, 5) is 2.34. The Kier molecular flexibility index (Phi) is 12.8. The summed E-state index contributed by atoms with van der Waals surface area (Å²) >= 11 is 0. The summed E-state index contributed by atoms with van der Waals surface area (Å²) in [6.07, 6.45) is 2.02. The molecule has 0 bridgehead atoms. The van der Waals surface area contributed by atoms with Gasteiger partial charge in [0.1, 0.15) is 0 Å². The van der Waals surface area contributed by atoms with Crippen LogP contribution >= 0.6 is 0 Å². The van der Waals surface area contributed by atoms with Crippen molar-refractivity contribution in [2.45, 2.75) is 60.2 Å². The lowest BCUT2D eigenvalue weighted by molar-refractivity contribution is -0.0703. The Balaban J connectivity index is 0. The van der Waals surface area contributed by atoms with E-state index in [1.165, 1.54) is 0 Å². The zero-order valence-electron chi connectivity index (χ0n) is 11.1. The van der Waals surface area contributed by atoms with Crippen LogP contribution in [0, 0.1) is 0 Å². The number of hydrogen-bond acceptors (Lipinski definition) is 2. The van der Waals surface area contributed by atoms with E-state index in [1.54, 1.807) is 0 Å². The summed E-state index contributed by atoms with van der Waals surface area (Å²) in [5.74, 6) is 0. The van der Waals surface area contributed by atoms with Crippen LogP contribution in [0.25, 0.3) is 0 Å². The Morgan fingerprint density at radius 3 is 2.00 bits per heavy atom. The highest BCUT2D eigenvalue weighted by atomic mass is 16.5. The van der Waals surface area contributed by atoms with Crippen molar-refractivity contribution in [2.24, 2.45) is 0 Å². The predicted octanol–water partition coefficient (Wildman–Crippen LogP) is 3.17. The second kappa shape index (κ2) is 11.0. The zero-order valence-corrected chi connectivity index (χ0v) is 11.1. The maximum Gasteiger partial charge on any atom is 0.0703 e. The summed E-state index contributed by atoms with van der Waals surface area (Å²) in [5.41, 5.74) is 0. The molecule has 2 atom stereocenters. The van der Waals surface area contributed by atoms with Gasteiger partial charge in [0.05, 0.1) is 12.2 Å². The van der Waals surface area contributed by atoms with E-state index in [0.717, 1.165) is 19.5 Å². The molecule has 1 fully saturated rings. The molecule has 0 aromatic rings. The topological polar surface area (TPSA) is 12.5 Å². The molecule has 1 aliphatic heterocycles. The summed E-state index contributed by atoms with van der Waals surface area (Å²) in [7, 11) is 2.15. The van der Waals surface area contributed by atoms with Gasteiger partial charge >= 0.3 is 0 Å². The Bertz CT molecular complexity index is 96.5. The highest BCUT2D eigenvalue weighted by molar-refractivity contribution is 4.71. The van der Waals surface area contributed by atoms with Gasteiger partial charge in [0, 0.05) is 13.1 Å². The summed E-state index contributed by atoms with van der Waals surface area (Å²) in [6, 6.07) is 0. The number of morpholine rings is 1. The Morgan fingerprint density at radius 2 is 1.64 bits per heavy atom. The standard InChI is InChI=1S/C8H17NO.2C2H6/c1-4-8-6-9(3)5-7(2)10-8;2*1-2/h7-8H,4-6H2,1-3H3;2*1-2H3. The smallest absolute Gasteiger partial charge is 0.0703 e. The van der Waals surface area contributed by atoms with E-state index in [0.29, 0.717) is 12.2 Å². The van der Waals surface area contributed by atoms with E-state index in [2.05, 4.69) is 25.8 Å². The van der Waals surface area contributed by atoms with Crippen molar-refractivity contribution in [3.05, 3.63) is 0 Å². The number of rotatable bonds is 1. The molecule has 88 valence electrons. The third kappa shape index (κ3) is 7.34. The molecule has 1 saturated heterocycles.